The molecular weight excluding hydrogens is 288 g/mol. The first-order chi connectivity index (χ1) is 9.75. The topological polar surface area (TPSA) is 55.1 Å². The molecule has 2 aromatic rings. The van der Waals surface area contributed by atoms with Crippen molar-refractivity contribution in [3.8, 4) is 0 Å². The quantitative estimate of drug-likeness (QED) is 0.610. The number of benzene rings is 2. The molecule has 0 radical (unpaired) electrons. The van der Waals surface area contributed by atoms with Crippen molar-refractivity contribution in [2.75, 3.05) is 12.3 Å². The van der Waals surface area contributed by atoms with Crippen molar-refractivity contribution < 1.29 is 4.21 Å². The largest absolute Gasteiger partial charge is 0.312 e. The molecule has 0 amide bonds. The molecule has 0 heterocycles. The molecule has 3 N–H and O–H groups in total. The van der Waals surface area contributed by atoms with Gasteiger partial charge in [-0.25, -0.2) is 9.35 Å². The second-order valence-corrected chi connectivity index (χ2v) is 6.51. The summed E-state index contributed by atoms with van der Waals surface area (Å²) >= 11 is 1.84. The van der Waals surface area contributed by atoms with Gasteiger partial charge in [0, 0.05) is 23.7 Å². The van der Waals surface area contributed by atoms with E-state index in [-0.39, 0.29) is 0 Å². The Morgan fingerprint density at radius 1 is 1.05 bits per heavy atom. The molecule has 2 aromatic carbocycles. The smallest absolute Gasteiger partial charge is 0.122 e. The van der Waals surface area contributed by atoms with Crippen LogP contribution < -0.4 is 10.5 Å². The molecule has 0 saturated heterocycles. The van der Waals surface area contributed by atoms with Gasteiger partial charge in [0.2, 0.25) is 0 Å². The number of thioether (sulfide) groups is 1. The molecular formula is C15H18N2OS2. The Labute approximate surface area is 126 Å². The van der Waals surface area contributed by atoms with Crippen LogP contribution in [0.1, 0.15) is 5.56 Å². The summed E-state index contributed by atoms with van der Waals surface area (Å²) in [5.41, 5.74) is 1.17. The predicted octanol–water partition coefficient (Wildman–Crippen LogP) is 2.55. The van der Waals surface area contributed by atoms with Crippen LogP contribution in [-0.4, -0.2) is 16.5 Å². The summed E-state index contributed by atoms with van der Waals surface area (Å²) in [7, 11) is -1.39. The van der Waals surface area contributed by atoms with E-state index in [1.165, 1.54) is 10.5 Å². The summed E-state index contributed by atoms with van der Waals surface area (Å²) in [5.74, 6) is 1.04. The molecule has 106 valence electrons. The molecule has 0 spiro atoms. The van der Waals surface area contributed by atoms with Gasteiger partial charge in [-0.3, -0.25) is 0 Å². The summed E-state index contributed by atoms with van der Waals surface area (Å²) in [5, 5.41) is 8.71. The Bertz CT molecular complexity index is 544. The van der Waals surface area contributed by atoms with Crippen LogP contribution in [0.15, 0.2) is 64.4 Å². The lowest BCUT2D eigenvalue weighted by Gasteiger charge is -2.05. The first kappa shape index (κ1) is 15.3. The highest BCUT2D eigenvalue weighted by molar-refractivity contribution is 7.99. The Morgan fingerprint density at radius 2 is 1.75 bits per heavy atom. The van der Waals surface area contributed by atoms with Gasteiger partial charge in [0.05, 0.1) is 4.90 Å². The maximum absolute atomic E-state index is 11.1. The average Bonchev–Trinajstić information content (AvgIpc) is 2.48. The van der Waals surface area contributed by atoms with Gasteiger partial charge in [-0.15, -0.1) is 11.8 Å². The molecule has 0 aliphatic carbocycles. The van der Waals surface area contributed by atoms with Crippen LogP contribution in [0.25, 0.3) is 0 Å². The Balaban J connectivity index is 1.67. The van der Waals surface area contributed by atoms with Crippen LogP contribution in [0, 0.1) is 0 Å². The van der Waals surface area contributed by atoms with Crippen molar-refractivity contribution >= 4 is 22.7 Å². The van der Waals surface area contributed by atoms with Gasteiger partial charge in [0.25, 0.3) is 0 Å². The van der Waals surface area contributed by atoms with Gasteiger partial charge in [0.1, 0.15) is 11.0 Å². The molecule has 5 heteroatoms. The van der Waals surface area contributed by atoms with E-state index in [2.05, 4.69) is 29.6 Å². The molecule has 20 heavy (non-hydrogen) atoms. The zero-order chi connectivity index (χ0) is 14.2. The first-order valence-corrected chi connectivity index (χ1v) is 8.59. The fraction of sp³-hybridized carbons (Fsp3) is 0.200. The second-order valence-electron chi connectivity index (χ2n) is 4.28. The molecule has 0 bridgehead atoms. The Kier molecular flexibility index (Phi) is 6.26. The highest BCUT2D eigenvalue weighted by atomic mass is 32.2. The van der Waals surface area contributed by atoms with E-state index >= 15 is 0 Å². The zero-order valence-corrected chi connectivity index (χ0v) is 12.8. The minimum absolute atomic E-state index is 0.661. The van der Waals surface area contributed by atoms with Gasteiger partial charge in [0.15, 0.2) is 0 Å². The lowest BCUT2D eigenvalue weighted by molar-refractivity contribution is 0.684. The Morgan fingerprint density at radius 3 is 2.40 bits per heavy atom. The van der Waals surface area contributed by atoms with E-state index in [0.29, 0.717) is 4.90 Å². The highest BCUT2D eigenvalue weighted by Crippen LogP contribution is 2.15. The molecule has 2 rings (SSSR count). The average molecular weight is 306 g/mol. The number of hydrogen-bond donors (Lipinski definition) is 2. The van der Waals surface area contributed by atoms with Crippen LogP contribution >= 0.6 is 11.8 Å². The minimum Gasteiger partial charge on any atom is -0.312 e. The van der Waals surface area contributed by atoms with Crippen molar-refractivity contribution in [3.05, 3.63) is 60.2 Å². The maximum atomic E-state index is 11.1. The van der Waals surface area contributed by atoms with E-state index in [9.17, 15) is 4.21 Å². The van der Waals surface area contributed by atoms with E-state index in [4.69, 9.17) is 5.14 Å². The van der Waals surface area contributed by atoms with Crippen molar-refractivity contribution in [3.63, 3.8) is 0 Å². The maximum Gasteiger partial charge on any atom is 0.122 e. The summed E-state index contributed by atoms with van der Waals surface area (Å²) < 4.78 is 11.1. The van der Waals surface area contributed by atoms with E-state index in [0.717, 1.165) is 18.8 Å². The third-order valence-electron chi connectivity index (χ3n) is 2.78. The molecule has 0 aliphatic rings. The van der Waals surface area contributed by atoms with Gasteiger partial charge < -0.3 is 5.32 Å². The summed E-state index contributed by atoms with van der Waals surface area (Å²) in [6.45, 7) is 1.76. The van der Waals surface area contributed by atoms with Crippen molar-refractivity contribution in [1.29, 1.82) is 0 Å². The van der Waals surface area contributed by atoms with Gasteiger partial charge in [-0.2, -0.15) is 0 Å². The fourth-order valence-corrected chi connectivity index (χ4v) is 2.97. The van der Waals surface area contributed by atoms with Crippen LogP contribution in [0.4, 0.5) is 0 Å². The third kappa shape index (κ3) is 5.09. The number of rotatable bonds is 7. The first-order valence-electron chi connectivity index (χ1n) is 6.39. The van der Waals surface area contributed by atoms with Crippen LogP contribution in [-0.2, 0) is 17.5 Å². The van der Waals surface area contributed by atoms with Crippen LogP contribution in [0.2, 0.25) is 0 Å². The molecule has 0 aliphatic heterocycles. The van der Waals surface area contributed by atoms with Crippen molar-refractivity contribution in [2.45, 2.75) is 16.3 Å². The molecule has 1 atom stereocenters. The summed E-state index contributed by atoms with van der Waals surface area (Å²) in [6, 6.07) is 17.9. The second kappa shape index (κ2) is 8.21. The molecule has 0 saturated carbocycles. The normalized spacial score (nSPS) is 12.2. The lowest BCUT2D eigenvalue weighted by atomic mass is 10.2. The van der Waals surface area contributed by atoms with Gasteiger partial charge in [-0.05, 0) is 29.8 Å². The third-order valence-corrected chi connectivity index (χ3v) is 4.53. The molecule has 3 nitrogen and oxygen atoms in total. The van der Waals surface area contributed by atoms with Crippen LogP contribution in [0.3, 0.4) is 0 Å². The van der Waals surface area contributed by atoms with E-state index < -0.39 is 11.0 Å². The number of hydrogen-bond acceptors (Lipinski definition) is 3. The molecule has 0 aromatic heterocycles. The fourth-order valence-electron chi connectivity index (χ4n) is 1.73. The van der Waals surface area contributed by atoms with Crippen molar-refractivity contribution in [2.24, 2.45) is 5.14 Å². The van der Waals surface area contributed by atoms with E-state index in [1.807, 2.05) is 42.1 Å². The minimum atomic E-state index is -1.39. The molecule has 1 unspecified atom stereocenters. The monoisotopic (exact) mass is 306 g/mol. The predicted molar refractivity (Wildman–Crippen MR) is 85.9 cm³/mol. The van der Waals surface area contributed by atoms with Crippen LogP contribution in [0.5, 0.6) is 0 Å². The number of nitrogens with one attached hydrogen (secondary N) is 1. The van der Waals surface area contributed by atoms with Gasteiger partial charge in [-0.1, -0.05) is 30.3 Å². The zero-order valence-electron chi connectivity index (χ0n) is 11.1. The molecule has 0 fully saturated rings. The van der Waals surface area contributed by atoms with Crippen molar-refractivity contribution in [1.82, 2.24) is 5.32 Å². The standard InChI is InChI=1S/C15H18N2OS2/c16-20(18)15-8-6-13(7-9-15)12-17-10-11-19-14-4-2-1-3-5-14/h1-9,17H,10-12,16H2. The van der Waals surface area contributed by atoms with E-state index in [1.54, 1.807) is 0 Å². The lowest BCUT2D eigenvalue weighted by Crippen LogP contribution is -2.16. The SMILES string of the molecule is NS(=O)c1ccc(CNCCSc2ccccc2)cc1. The summed E-state index contributed by atoms with van der Waals surface area (Å²) in [6.07, 6.45) is 0. The highest BCUT2D eigenvalue weighted by Gasteiger charge is 1.98. The van der Waals surface area contributed by atoms with Gasteiger partial charge >= 0.3 is 0 Å². The summed E-state index contributed by atoms with van der Waals surface area (Å²) in [4.78, 5) is 1.96. The Hall–Kier alpha value is -1.14. The number of nitrogens with two attached hydrogens (primary N) is 1.